The molecule has 0 amide bonds. The van der Waals surface area contributed by atoms with Crippen LogP contribution >= 0.6 is 0 Å². The van der Waals surface area contributed by atoms with E-state index >= 15 is 0 Å². The highest BCUT2D eigenvalue weighted by molar-refractivity contribution is 6.10. The van der Waals surface area contributed by atoms with E-state index in [9.17, 15) is 14.4 Å². The van der Waals surface area contributed by atoms with Crippen LogP contribution in [0.1, 0.15) is 18.9 Å². The normalized spacial score (nSPS) is 25.2. The minimum absolute atomic E-state index is 0.0254. The molecule has 18 heavy (non-hydrogen) atoms. The van der Waals surface area contributed by atoms with Crippen molar-refractivity contribution in [1.82, 2.24) is 0 Å². The van der Waals surface area contributed by atoms with Crippen molar-refractivity contribution in [1.29, 1.82) is 0 Å². The van der Waals surface area contributed by atoms with Gasteiger partial charge in [0.25, 0.3) is 0 Å². The molecule has 94 valence electrons. The summed E-state index contributed by atoms with van der Waals surface area (Å²) in [4.78, 5) is 34.8. The number of benzene rings is 1. The van der Waals surface area contributed by atoms with Crippen LogP contribution < -0.4 is 0 Å². The molecule has 0 saturated heterocycles. The highest BCUT2D eigenvalue weighted by Crippen LogP contribution is 2.31. The van der Waals surface area contributed by atoms with E-state index in [1.54, 1.807) is 6.92 Å². The molecule has 0 radical (unpaired) electrons. The minimum Gasteiger partial charge on any atom is -0.303 e. The van der Waals surface area contributed by atoms with Crippen molar-refractivity contribution in [2.75, 3.05) is 0 Å². The lowest BCUT2D eigenvalue weighted by atomic mass is 9.90. The van der Waals surface area contributed by atoms with E-state index < -0.39 is 11.8 Å². The van der Waals surface area contributed by atoms with Crippen LogP contribution in [0.3, 0.4) is 0 Å². The van der Waals surface area contributed by atoms with Gasteiger partial charge in [-0.2, -0.15) is 0 Å². The lowest BCUT2D eigenvalue weighted by molar-refractivity contribution is -0.129. The number of hydrogen-bond acceptors (Lipinski definition) is 3. The van der Waals surface area contributed by atoms with E-state index in [1.807, 2.05) is 30.3 Å². The fraction of sp³-hybridized carbons (Fsp3) is 0.400. The molecule has 0 aromatic heterocycles. The maximum Gasteiger partial charge on any atom is 0.147 e. The first-order chi connectivity index (χ1) is 8.63. The molecule has 0 N–H and O–H groups in total. The second-order valence-corrected chi connectivity index (χ2v) is 4.92. The third-order valence-corrected chi connectivity index (χ3v) is 3.65. The van der Waals surface area contributed by atoms with Crippen LogP contribution in [0.5, 0.6) is 0 Å². The Bertz CT molecular complexity index is 464. The van der Waals surface area contributed by atoms with Crippen LogP contribution in [-0.2, 0) is 20.8 Å². The predicted molar refractivity (Wildman–Crippen MR) is 67.0 cm³/mol. The standard InChI is InChI=1S/C15H16O3/c1-10(9-16)12-8-14(17)13(15(12)18)7-11-5-3-2-4-6-11/h2-6,9-10,12-13H,7-8H2,1H3/t10-,12-,13?/m1/s1. The number of Topliss-reactive ketones (excluding diaryl/α,β-unsaturated/α-hetero) is 2. The second-order valence-electron chi connectivity index (χ2n) is 4.92. The minimum atomic E-state index is -0.556. The van der Waals surface area contributed by atoms with Crippen molar-refractivity contribution < 1.29 is 14.4 Å². The molecular weight excluding hydrogens is 228 g/mol. The van der Waals surface area contributed by atoms with Gasteiger partial charge in [-0.15, -0.1) is 0 Å². The molecule has 1 fully saturated rings. The molecule has 2 rings (SSSR count). The summed E-state index contributed by atoms with van der Waals surface area (Å²) in [5, 5.41) is 0. The third-order valence-electron chi connectivity index (χ3n) is 3.65. The van der Waals surface area contributed by atoms with E-state index in [0.717, 1.165) is 11.8 Å². The summed E-state index contributed by atoms with van der Waals surface area (Å²) in [6.07, 6.45) is 1.44. The number of aldehydes is 1. The van der Waals surface area contributed by atoms with Crippen molar-refractivity contribution in [2.45, 2.75) is 19.8 Å². The summed E-state index contributed by atoms with van der Waals surface area (Å²) in [7, 11) is 0. The lowest BCUT2D eigenvalue weighted by Gasteiger charge is -2.11. The van der Waals surface area contributed by atoms with Crippen molar-refractivity contribution >= 4 is 17.9 Å². The van der Waals surface area contributed by atoms with Crippen molar-refractivity contribution in [3.8, 4) is 0 Å². The average molecular weight is 244 g/mol. The summed E-state index contributed by atoms with van der Waals surface area (Å²) in [6.45, 7) is 1.70. The van der Waals surface area contributed by atoms with Gasteiger partial charge in [-0.1, -0.05) is 37.3 Å². The number of rotatable bonds is 4. The van der Waals surface area contributed by atoms with Crippen LogP contribution in [0.15, 0.2) is 30.3 Å². The predicted octanol–water partition coefficient (Wildman–Crippen LogP) is 1.84. The zero-order valence-electron chi connectivity index (χ0n) is 10.3. The molecule has 0 spiro atoms. The van der Waals surface area contributed by atoms with Crippen molar-refractivity contribution in [3.05, 3.63) is 35.9 Å². The largest absolute Gasteiger partial charge is 0.303 e. The van der Waals surface area contributed by atoms with Crippen LogP contribution in [0, 0.1) is 17.8 Å². The summed E-state index contributed by atoms with van der Waals surface area (Å²) >= 11 is 0. The SMILES string of the molecule is C[C@H](C=O)[C@H]1CC(=O)C(Cc2ccccc2)C1=O. The fourth-order valence-electron chi connectivity index (χ4n) is 2.48. The van der Waals surface area contributed by atoms with E-state index in [2.05, 4.69) is 0 Å². The number of ketones is 2. The van der Waals surface area contributed by atoms with Gasteiger partial charge in [0, 0.05) is 18.3 Å². The Morgan fingerprint density at radius 2 is 1.94 bits per heavy atom. The van der Waals surface area contributed by atoms with Gasteiger partial charge < -0.3 is 4.79 Å². The summed E-state index contributed by atoms with van der Waals surface area (Å²) < 4.78 is 0. The van der Waals surface area contributed by atoms with Gasteiger partial charge in [0.2, 0.25) is 0 Å². The molecule has 3 heteroatoms. The van der Waals surface area contributed by atoms with E-state index in [0.29, 0.717) is 6.42 Å². The Balaban J connectivity index is 2.13. The smallest absolute Gasteiger partial charge is 0.147 e. The van der Waals surface area contributed by atoms with Gasteiger partial charge in [0.1, 0.15) is 17.9 Å². The van der Waals surface area contributed by atoms with Gasteiger partial charge in [-0.25, -0.2) is 0 Å². The third kappa shape index (κ3) is 2.40. The van der Waals surface area contributed by atoms with Gasteiger partial charge in [0.15, 0.2) is 0 Å². The molecule has 1 aliphatic rings. The first kappa shape index (κ1) is 12.7. The molecule has 1 aromatic carbocycles. The second kappa shape index (κ2) is 5.25. The highest BCUT2D eigenvalue weighted by atomic mass is 16.2. The van der Waals surface area contributed by atoms with Crippen LogP contribution in [-0.4, -0.2) is 17.9 Å². The lowest BCUT2D eigenvalue weighted by Crippen LogP contribution is -2.23. The van der Waals surface area contributed by atoms with Crippen LogP contribution in [0.25, 0.3) is 0 Å². The Morgan fingerprint density at radius 3 is 2.56 bits per heavy atom. The molecule has 3 nitrogen and oxygen atoms in total. The van der Waals surface area contributed by atoms with Gasteiger partial charge in [0.05, 0.1) is 5.92 Å². The van der Waals surface area contributed by atoms with E-state index in [1.165, 1.54) is 0 Å². The molecule has 1 aromatic rings. The zero-order chi connectivity index (χ0) is 13.1. The quantitative estimate of drug-likeness (QED) is 0.600. The first-order valence-electron chi connectivity index (χ1n) is 6.19. The summed E-state index contributed by atoms with van der Waals surface area (Å²) in [5.41, 5.74) is 0.989. The van der Waals surface area contributed by atoms with Crippen LogP contribution in [0.4, 0.5) is 0 Å². The Morgan fingerprint density at radius 1 is 1.28 bits per heavy atom. The highest BCUT2D eigenvalue weighted by Gasteiger charge is 2.43. The first-order valence-corrected chi connectivity index (χ1v) is 6.19. The average Bonchev–Trinajstić information content (AvgIpc) is 2.67. The Labute approximate surface area is 106 Å². The fourth-order valence-corrected chi connectivity index (χ4v) is 2.48. The maximum absolute atomic E-state index is 12.1. The van der Waals surface area contributed by atoms with Crippen molar-refractivity contribution in [3.63, 3.8) is 0 Å². The maximum atomic E-state index is 12.1. The monoisotopic (exact) mass is 244 g/mol. The Hall–Kier alpha value is -1.77. The summed E-state index contributed by atoms with van der Waals surface area (Å²) in [6, 6.07) is 9.52. The van der Waals surface area contributed by atoms with Gasteiger partial charge in [-0.05, 0) is 12.0 Å². The number of carbonyl (C=O) groups is 3. The number of carbonyl (C=O) groups excluding carboxylic acids is 3. The van der Waals surface area contributed by atoms with Gasteiger partial charge in [-0.3, -0.25) is 9.59 Å². The molecule has 1 saturated carbocycles. The van der Waals surface area contributed by atoms with Crippen LogP contribution in [0.2, 0.25) is 0 Å². The molecule has 1 aliphatic carbocycles. The molecule has 0 aliphatic heterocycles. The topological polar surface area (TPSA) is 51.2 Å². The summed E-state index contributed by atoms with van der Waals surface area (Å²) in [5.74, 6) is -1.42. The molecular formula is C15H16O3. The molecule has 1 unspecified atom stereocenters. The molecule has 0 heterocycles. The molecule has 0 bridgehead atoms. The van der Waals surface area contributed by atoms with Crippen molar-refractivity contribution in [2.24, 2.45) is 17.8 Å². The van der Waals surface area contributed by atoms with E-state index in [-0.39, 0.29) is 23.9 Å². The number of hydrogen-bond donors (Lipinski definition) is 0. The molecule has 3 atom stereocenters. The Kier molecular flexibility index (Phi) is 3.70. The van der Waals surface area contributed by atoms with Gasteiger partial charge >= 0.3 is 0 Å². The zero-order valence-corrected chi connectivity index (χ0v) is 10.3. The van der Waals surface area contributed by atoms with E-state index in [4.69, 9.17) is 0 Å².